The van der Waals surface area contributed by atoms with Crippen molar-refractivity contribution in [3.63, 3.8) is 0 Å². The van der Waals surface area contributed by atoms with Crippen LogP contribution in [0.4, 0.5) is 0 Å². The molecule has 0 spiro atoms. The van der Waals surface area contributed by atoms with Crippen molar-refractivity contribution >= 4 is 17.2 Å². The first-order chi connectivity index (χ1) is 10.8. The van der Waals surface area contributed by atoms with Crippen LogP contribution in [0.2, 0.25) is 0 Å². The summed E-state index contributed by atoms with van der Waals surface area (Å²) in [6.07, 6.45) is 5.74. The summed E-state index contributed by atoms with van der Waals surface area (Å²) in [6, 6.07) is 14.0. The molecule has 0 saturated heterocycles. The lowest BCUT2D eigenvalue weighted by Crippen LogP contribution is -2.29. The Kier molecular flexibility index (Phi) is 4.65. The van der Waals surface area contributed by atoms with E-state index in [0.29, 0.717) is 13.0 Å². The number of aromatic nitrogens is 2. The Morgan fingerprint density at radius 2 is 2.09 bits per heavy atom. The van der Waals surface area contributed by atoms with Gasteiger partial charge in [-0.1, -0.05) is 36.4 Å². The summed E-state index contributed by atoms with van der Waals surface area (Å²) in [5.74, 6) is 0.0379. The van der Waals surface area contributed by atoms with Gasteiger partial charge in [-0.15, -0.1) is 11.3 Å². The zero-order chi connectivity index (χ0) is 15.2. The van der Waals surface area contributed by atoms with Gasteiger partial charge in [0.25, 0.3) is 0 Å². The maximum Gasteiger partial charge on any atom is 0.222 e. The second-order valence-corrected chi connectivity index (χ2v) is 5.96. The second-order valence-electron chi connectivity index (χ2n) is 4.98. The molecule has 0 aliphatic carbocycles. The maximum absolute atomic E-state index is 12.3. The number of rotatable bonds is 6. The van der Waals surface area contributed by atoms with Gasteiger partial charge in [0.05, 0.1) is 12.4 Å². The number of carbonyl (C=O) groups excluding carboxylic acids is 1. The zero-order valence-electron chi connectivity index (χ0n) is 12.1. The first-order valence-electron chi connectivity index (χ1n) is 7.16. The summed E-state index contributed by atoms with van der Waals surface area (Å²) < 4.78 is 1.91. The maximum atomic E-state index is 12.3. The molecule has 0 aliphatic rings. The first-order valence-corrected chi connectivity index (χ1v) is 8.04. The Hall–Kier alpha value is -2.40. The minimum Gasteiger partial charge on any atom is -0.344 e. The van der Waals surface area contributed by atoms with Gasteiger partial charge in [-0.05, 0) is 17.0 Å². The average molecular weight is 311 g/mol. The lowest BCUT2D eigenvalue weighted by atomic mass is 10.1. The molecule has 1 unspecified atom stereocenters. The smallest absolute Gasteiger partial charge is 0.222 e. The van der Waals surface area contributed by atoms with E-state index in [1.54, 1.807) is 23.9 Å². The van der Waals surface area contributed by atoms with Crippen LogP contribution in [0.1, 0.15) is 22.9 Å². The first kappa shape index (κ1) is 14.5. The van der Waals surface area contributed by atoms with E-state index >= 15 is 0 Å². The Bertz CT molecular complexity index is 693. The molecule has 4 nitrogen and oxygen atoms in total. The molecule has 1 aromatic carbocycles. The molecule has 0 radical (unpaired) electrons. The molecule has 3 rings (SSSR count). The Labute approximate surface area is 133 Å². The number of nitrogens with zero attached hydrogens (tertiary/aromatic N) is 2. The molecule has 0 saturated carbocycles. The van der Waals surface area contributed by atoms with Crippen LogP contribution >= 0.6 is 11.3 Å². The minimum atomic E-state index is -0.0866. The highest BCUT2D eigenvalue weighted by Gasteiger charge is 2.17. The number of hydrogen-bond acceptors (Lipinski definition) is 3. The van der Waals surface area contributed by atoms with Crippen molar-refractivity contribution in [2.75, 3.05) is 0 Å². The molecular formula is C17H17N3OS. The summed E-state index contributed by atoms with van der Waals surface area (Å²) in [4.78, 5) is 17.4. The Morgan fingerprint density at radius 3 is 2.77 bits per heavy atom. The molecule has 0 bridgehead atoms. The summed E-state index contributed by atoms with van der Waals surface area (Å²) in [5.41, 5.74) is 1.10. The molecule has 0 aliphatic heterocycles. The lowest BCUT2D eigenvalue weighted by molar-refractivity contribution is -0.121. The van der Waals surface area contributed by atoms with Crippen LogP contribution in [0, 0.1) is 0 Å². The molecule has 0 fully saturated rings. The van der Waals surface area contributed by atoms with Crippen LogP contribution in [0.5, 0.6) is 0 Å². The number of benzene rings is 1. The summed E-state index contributed by atoms with van der Waals surface area (Å²) in [6.45, 7) is 0.637. The lowest BCUT2D eigenvalue weighted by Gasteiger charge is -2.18. The molecule has 1 N–H and O–H groups in total. The van der Waals surface area contributed by atoms with Crippen molar-refractivity contribution in [3.8, 4) is 0 Å². The molecule has 2 aromatic heterocycles. The number of nitrogens with one attached hydrogen (secondary N) is 1. The molecule has 2 heterocycles. The van der Waals surface area contributed by atoms with Gasteiger partial charge in [-0.25, -0.2) is 4.98 Å². The average Bonchev–Trinajstić information content (AvgIpc) is 3.25. The monoisotopic (exact) mass is 311 g/mol. The molecule has 1 amide bonds. The third kappa shape index (κ3) is 3.62. The standard InChI is InChI=1S/C17H17N3OS/c21-16(8-10-20-11-9-18-13-20)19-17(15-7-4-12-22-15)14-5-2-1-3-6-14/h1-7,9,11-13,17H,8,10H2,(H,19,21). The number of imidazole rings is 1. The van der Waals surface area contributed by atoms with Gasteiger partial charge in [0.1, 0.15) is 0 Å². The zero-order valence-corrected chi connectivity index (χ0v) is 12.9. The third-order valence-corrected chi connectivity index (χ3v) is 4.36. The van der Waals surface area contributed by atoms with Crippen LogP contribution in [-0.4, -0.2) is 15.5 Å². The molecular weight excluding hydrogens is 294 g/mol. The van der Waals surface area contributed by atoms with E-state index in [9.17, 15) is 4.79 Å². The normalized spacial score (nSPS) is 12.0. The van der Waals surface area contributed by atoms with Crippen LogP contribution in [0.25, 0.3) is 0 Å². The van der Waals surface area contributed by atoms with Crippen molar-refractivity contribution < 1.29 is 4.79 Å². The van der Waals surface area contributed by atoms with E-state index in [0.717, 1.165) is 10.4 Å². The van der Waals surface area contributed by atoms with Crippen molar-refractivity contribution in [3.05, 3.63) is 77.0 Å². The second kappa shape index (κ2) is 7.04. The van der Waals surface area contributed by atoms with Crippen LogP contribution in [0.15, 0.2) is 66.6 Å². The van der Waals surface area contributed by atoms with Gasteiger partial charge in [-0.3, -0.25) is 4.79 Å². The highest BCUT2D eigenvalue weighted by molar-refractivity contribution is 7.10. The van der Waals surface area contributed by atoms with Crippen molar-refractivity contribution in [2.45, 2.75) is 19.0 Å². The molecule has 5 heteroatoms. The number of thiophene rings is 1. The summed E-state index contributed by atoms with van der Waals surface area (Å²) >= 11 is 1.65. The van der Waals surface area contributed by atoms with Gasteiger partial charge >= 0.3 is 0 Å². The minimum absolute atomic E-state index is 0.0379. The van der Waals surface area contributed by atoms with E-state index in [2.05, 4.69) is 16.4 Å². The molecule has 112 valence electrons. The third-order valence-electron chi connectivity index (χ3n) is 3.42. The van der Waals surface area contributed by atoms with Gasteiger partial charge in [0.15, 0.2) is 0 Å². The molecule has 22 heavy (non-hydrogen) atoms. The van der Waals surface area contributed by atoms with Gasteiger partial charge in [0.2, 0.25) is 5.91 Å². The summed E-state index contributed by atoms with van der Waals surface area (Å²) in [7, 11) is 0. The SMILES string of the molecule is O=C(CCn1ccnc1)NC(c1ccccc1)c1cccs1. The Balaban J connectivity index is 1.69. The fourth-order valence-electron chi connectivity index (χ4n) is 2.30. The fraction of sp³-hybridized carbons (Fsp3) is 0.176. The van der Waals surface area contributed by atoms with E-state index in [1.165, 1.54) is 0 Å². The predicted octanol–water partition coefficient (Wildman–Crippen LogP) is 3.24. The van der Waals surface area contributed by atoms with E-state index < -0.39 is 0 Å². The summed E-state index contributed by atoms with van der Waals surface area (Å²) in [5, 5.41) is 5.17. The highest BCUT2D eigenvalue weighted by atomic mass is 32.1. The number of amides is 1. The molecule has 3 aromatic rings. The quantitative estimate of drug-likeness (QED) is 0.759. The van der Waals surface area contributed by atoms with E-state index in [4.69, 9.17) is 0 Å². The van der Waals surface area contributed by atoms with Gasteiger partial charge in [-0.2, -0.15) is 0 Å². The van der Waals surface area contributed by atoms with Crippen LogP contribution < -0.4 is 5.32 Å². The van der Waals surface area contributed by atoms with Gasteiger partial charge in [0, 0.05) is 30.2 Å². The fourth-order valence-corrected chi connectivity index (χ4v) is 3.11. The van der Waals surface area contributed by atoms with E-state index in [1.807, 2.05) is 52.5 Å². The molecule has 1 atom stereocenters. The van der Waals surface area contributed by atoms with Crippen molar-refractivity contribution in [1.82, 2.24) is 14.9 Å². The van der Waals surface area contributed by atoms with Crippen LogP contribution in [-0.2, 0) is 11.3 Å². The van der Waals surface area contributed by atoms with Crippen molar-refractivity contribution in [2.24, 2.45) is 0 Å². The number of hydrogen-bond donors (Lipinski definition) is 1. The van der Waals surface area contributed by atoms with Crippen LogP contribution in [0.3, 0.4) is 0 Å². The number of carbonyl (C=O) groups is 1. The van der Waals surface area contributed by atoms with E-state index in [-0.39, 0.29) is 11.9 Å². The topological polar surface area (TPSA) is 46.9 Å². The largest absolute Gasteiger partial charge is 0.344 e. The number of aryl methyl sites for hydroxylation is 1. The van der Waals surface area contributed by atoms with Gasteiger partial charge < -0.3 is 9.88 Å². The Morgan fingerprint density at radius 1 is 1.23 bits per heavy atom. The van der Waals surface area contributed by atoms with Crippen molar-refractivity contribution in [1.29, 1.82) is 0 Å². The predicted molar refractivity (Wildman–Crippen MR) is 87.6 cm³/mol. The highest BCUT2D eigenvalue weighted by Crippen LogP contribution is 2.25.